The highest BCUT2D eigenvalue weighted by Gasteiger charge is 2.19. The molecule has 0 atom stereocenters. The molecule has 0 heterocycles. The van der Waals surface area contributed by atoms with Crippen LogP contribution in [0.4, 0.5) is 10.5 Å². The van der Waals surface area contributed by atoms with Gasteiger partial charge in [0.25, 0.3) is 0 Å². The van der Waals surface area contributed by atoms with E-state index in [1.807, 2.05) is 25.1 Å². The van der Waals surface area contributed by atoms with Gasteiger partial charge in [-0.1, -0.05) is 13.0 Å². The van der Waals surface area contributed by atoms with Gasteiger partial charge in [0.05, 0.1) is 17.3 Å². The van der Waals surface area contributed by atoms with Crippen LogP contribution >= 0.6 is 38.5 Å². The molecule has 0 bridgehead atoms. The molecular formula is C18H19BrINO4. The highest BCUT2D eigenvalue weighted by atomic mass is 127. The van der Waals surface area contributed by atoms with Crippen LogP contribution < -0.4 is 9.80 Å². The fourth-order valence-corrected chi connectivity index (χ4v) is 3.56. The minimum Gasteiger partial charge on any atom is -0.488 e. The number of benzene rings is 2. The second kappa shape index (κ2) is 8.86. The van der Waals surface area contributed by atoms with E-state index in [1.165, 1.54) is 12.7 Å². The average molecular weight is 520 g/mol. The number of aryl methyl sites for hydroxylation is 2. The quantitative estimate of drug-likeness (QED) is 0.323. The number of halogens is 2. The van der Waals surface area contributed by atoms with Gasteiger partial charge >= 0.3 is 6.09 Å². The maximum Gasteiger partial charge on any atom is 0.438 e. The Morgan fingerprint density at radius 3 is 2.72 bits per heavy atom. The van der Waals surface area contributed by atoms with Crippen LogP contribution in [0.3, 0.4) is 0 Å². The SMILES string of the molecule is CCc1cc(Br)c(OCc2c(I)cccc2N(O)C(=O)OC)cc1C. The summed E-state index contributed by atoms with van der Waals surface area (Å²) >= 11 is 5.68. The summed E-state index contributed by atoms with van der Waals surface area (Å²) in [5.41, 5.74) is 3.43. The smallest absolute Gasteiger partial charge is 0.438 e. The van der Waals surface area contributed by atoms with Crippen LogP contribution in [0.1, 0.15) is 23.6 Å². The van der Waals surface area contributed by atoms with Crippen molar-refractivity contribution < 1.29 is 19.5 Å². The molecule has 0 fully saturated rings. The predicted molar refractivity (Wildman–Crippen MR) is 108 cm³/mol. The van der Waals surface area contributed by atoms with E-state index in [-0.39, 0.29) is 6.61 Å². The van der Waals surface area contributed by atoms with E-state index in [9.17, 15) is 10.0 Å². The molecular weight excluding hydrogens is 501 g/mol. The Morgan fingerprint density at radius 1 is 1.36 bits per heavy atom. The maximum absolute atomic E-state index is 11.6. The first-order valence-electron chi connectivity index (χ1n) is 7.65. The summed E-state index contributed by atoms with van der Waals surface area (Å²) in [7, 11) is 1.21. The molecule has 0 aliphatic heterocycles. The van der Waals surface area contributed by atoms with E-state index in [0.29, 0.717) is 22.1 Å². The van der Waals surface area contributed by atoms with Crippen molar-refractivity contribution >= 4 is 50.3 Å². The van der Waals surface area contributed by atoms with Crippen LogP contribution in [0, 0.1) is 10.5 Å². The lowest BCUT2D eigenvalue weighted by molar-refractivity contribution is 0.140. The Morgan fingerprint density at radius 2 is 2.08 bits per heavy atom. The summed E-state index contributed by atoms with van der Waals surface area (Å²) in [5.74, 6) is 0.711. The third-order valence-corrected chi connectivity index (χ3v) is 5.44. The lowest BCUT2D eigenvalue weighted by Gasteiger charge is -2.19. The number of hydrogen-bond acceptors (Lipinski definition) is 4. The van der Waals surface area contributed by atoms with Crippen molar-refractivity contribution in [1.82, 2.24) is 0 Å². The molecule has 134 valence electrons. The van der Waals surface area contributed by atoms with Crippen LogP contribution in [0.5, 0.6) is 5.75 Å². The van der Waals surface area contributed by atoms with Gasteiger partial charge in [-0.2, -0.15) is 5.06 Å². The summed E-state index contributed by atoms with van der Waals surface area (Å²) in [5, 5.41) is 10.5. The molecule has 25 heavy (non-hydrogen) atoms. The fraction of sp³-hybridized carbons (Fsp3) is 0.278. The van der Waals surface area contributed by atoms with Crippen LogP contribution in [-0.4, -0.2) is 18.4 Å². The number of hydroxylamine groups is 1. The monoisotopic (exact) mass is 519 g/mol. The maximum atomic E-state index is 11.6. The van der Waals surface area contributed by atoms with Gasteiger partial charge in [-0.15, -0.1) is 0 Å². The first-order chi connectivity index (χ1) is 11.9. The number of hydrogen-bond donors (Lipinski definition) is 1. The third kappa shape index (κ3) is 4.65. The van der Waals surface area contributed by atoms with Crippen molar-refractivity contribution in [2.24, 2.45) is 0 Å². The summed E-state index contributed by atoms with van der Waals surface area (Å²) < 4.78 is 12.3. The number of rotatable bonds is 5. The number of anilines is 1. The normalized spacial score (nSPS) is 10.5. The minimum absolute atomic E-state index is 0.200. The Bertz CT molecular complexity index is 782. The number of methoxy groups -OCH3 is 1. The molecule has 2 aromatic carbocycles. The Hall–Kier alpha value is -1.32. The molecule has 0 spiro atoms. The molecule has 0 aliphatic rings. The number of ether oxygens (including phenoxy) is 2. The first kappa shape index (κ1) is 20.0. The molecule has 0 unspecified atom stereocenters. The minimum atomic E-state index is -0.854. The summed E-state index contributed by atoms with van der Waals surface area (Å²) in [6, 6.07) is 9.30. The standard InChI is InChI=1S/C18H19BrINO4/c1-4-12-9-14(19)17(8-11(12)2)25-10-13-15(20)6-5-7-16(13)21(23)18(22)24-3/h5-9,23H,4,10H2,1-3H3. The Labute approximate surface area is 169 Å². The highest BCUT2D eigenvalue weighted by molar-refractivity contribution is 14.1. The van der Waals surface area contributed by atoms with Gasteiger partial charge in [-0.25, -0.2) is 4.79 Å². The molecule has 2 aromatic rings. The van der Waals surface area contributed by atoms with E-state index in [4.69, 9.17) is 4.74 Å². The first-order valence-corrected chi connectivity index (χ1v) is 9.52. The molecule has 0 radical (unpaired) electrons. The molecule has 5 nitrogen and oxygen atoms in total. The van der Waals surface area contributed by atoms with Crippen molar-refractivity contribution in [2.45, 2.75) is 26.9 Å². The van der Waals surface area contributed by atoms with Crippen LogP contribution in [0.25, 0.3) is 0 Å². The van der Waals surface area contributed by atoms with Gasteiger partial charge in [0.2, 0.25) is 0 Å². The molecule has 0 aromatic heterocycles. The molecule has 7 heteroatoms. The van der Waals surface area contributed by atoms with Crippen molar-refractivity contribution in [2.75, 3.05) is 12.2 Å². The molecule has 1 N–H and O–H groups in total. The van der Waals surface area contributed by atoms with Gasteiger partial charge in [-0.3, -0.25) is 5.21 Å². The van der Waals surface area contributed by atoms with Crippen molar-refractivity contribution in [3.05, 3.63) is 55.1 Å². The lowest BCUT2D eigenvalue weighted by Crippen LogP contribution is -2.28. The van der Waals surface area contributed by atoms with E-state index in [2.05, 4.69) is 50.2 Å². The molecule has 1 amide bonds. The second-order valence-electron chi connectivity index (χ2n) is 5.37. The Balaban J connectivity index is 2.30. The summed E-state index contributed by atoms with van der Waals surface area (Å²) in [4.78, 5) is 11.6. The zero-order valence-corrected chi connectivity index (χ0v) is 17.9. The van der Waals surface area contributed by atoms with Gasteiger partial charge in [-0.05, 0) is 87.3 Å². The van der Waals surface area contributed by atoms with Crippen molar-refractivity contribution in [3.8, 4) is 5.75 Å². The largest absolute Gasteiger partial charge is 0.488 e. The number of amides is 1. The van der Waals surface area contributed by atoms with Crippen LogP contribution in [-0.2, 0) is 17.8 Å². The van der Waals surface area contributed by atoms with Crippen molar-refractivity contribution in [1.29, 1.82) is 0 Å². The van der Waals surface area contributed by atoms with E-state index >= 15 is 0 Å². The molecule has 2 rings (SSSR count). The van der Waals surface area contributed by atoms with E-state index in [0.717, 1.165) is 20.0 Å². The number of nitrogens with zero attached hydrogens (tertiary/aromatic N) is 1. The topological polar surface area (TPSA) is 59.0 Å². The Kier molecular flexibility index (Phi) is 7.09. The molecule has 0 saturated carbocycles. The summed E-state index contributed by atoms with van der Waals surface area (Å²) in [6.45, 7) is 4.35. The van der Waals surface area contributed by atoms with Crippen molar-refractivity contribution in [3.63, 3.8) is 0 Å². The van der Waals surface area contributed by atoms with Gasteiger partial charge in [0.15, 0.2) is 0 Å². The zero-order valence-electron chi connectivity index (χ0n) is 14.2. The fourth-order valence-electron chi connectivity index (χ4n) is 2.41. The summed E-state index contributed by atoms with van der Waals surface area (Å²) in [6.07, 6.45) is 0.0944. The molecule has 0 saturated heterocycles. The van der Waals surface area contributed by atoms with Crippen LogP contribution in [0.2, 0.25) is 0 Å². The van der Waals surface area contributed by atoms with Gasteiger partial charge < -0.3 is 9.47 Å². The zero-order chi connectivity index (χ0) is 18.6. The highest BCUT2D eigenvalue weighted by Crippen LogP contribution is 2.32. The number of carbonyl (C=O) groups is 1. The van der Waals surface area contributed by atoms with E-state index < -0.39 is 6.09 Å². The van der Waals surface area contributed by atoms with Gasteiger partial charge in [0.1, 0.15) is 12.4 Å². The molecule has 0 aliphatic carbocycles. The number of carbonyl (C=O) groups excluding carboxylic acids is 1. The second-order valence-corrected chi connectivity index (χ2v) is 7.39. The predicted octanol–water partition coefficient (Wildman–Crippen LogP) is 5.47. The van der Waals surface area contributed by atoms with Crippen LogP contribution in [0.15, 0.2) is 34.8 Å². The lowest BCUT2D eigenvalue weighted by atomic mass is 10.1. The third-order valence-electron chi connectivity index (χ3n) is 3.81. The average Bonchev–Trinajstić information content (AvgIpc) is 2.61. The van der Waals surface area contributed by atoms with E-state index in [1.54, 1.807) is 12.1 Å². The van der Waals surface area contributed by atoms with Gasteiger partial charge in [0, 0.05) is 9.13 Å².